The summed E-state index contributed by atoms with van der Waals surface area (Å²) in [6, 6.07) is 24.7. The van der Waals surface area contributed by atoms with E-state index in [1.165, 1.54) is 43.5 Å². The lowest BCUT2D eigenvalue weighted by Crippen LogP contribution is -2.24. The molecule has 3 aromatic carbocycles. The Morgan fingerprint density at radius 3 is 2.53 bits per heavy atom. The maximum Gasteiger partial charge on any atom is 0.192 e. The van der Waals surface area contributed by atoms with Gasteiger partial charge in [-0.25, -0.2) is 4.39 Å². The molecule has 0 N–H and O–H groups in total. The number of carbonyl (C=O) groups is 1. The molecule has 7 rings (SSSR count). The van der Waals surface area contributed by atoms with Crippen molar-refractivity contribution in [1.29, 1.82) is 0 Å². The van der Waals surface area contributed by atoms with E-state index in [0.29, 0.717) is 22.8 Å². The first-order chi connectivity index (χ1) is 21.0. The van der Waals surface area contributed by atoms with Gasteiger partial charge in [-0.3, -0.25) is 9.36 Å². The normalized spacial score (nSPS) is 20.1. The first-order valence-corrected chi connectivity index (χ1v) is 16.1. The van der Waals surface area contributed by atoms with Crippen LogP contribution in [0.3, 0.4) is 0 Å². The predicted octanol–water partition coefficient (Wildman–Crippen LogP) is 8.13. The molecule has 2 aromatic heterocycles. The van der Waals surface area contributed by atoms with Gasteiger partial charge in [0.1, 0.15) is 6.61 Å². The van der Waals surface area contributed by atoms with E-state index in [2.05, 4.69) is 32.3 Å². The molecule has 6 nitrogen and oxygen atoms in total. The van der Waals surface area contributed by atoms with E-state index in [9.17, 15) is 9.18 Å². The van der Waals surface area contributed by atoms with Crippen molar-refractivity contribution in [3.05, 3.63) is 96.1 Å². The van der Waals surface area contributed by atoms with E-state index in [4.69, 9.17) is 4.74 Å². The molecular weight excluding hydrogens is 559 g/mol. The van der Waals surface area contributed by atoms with Crippen molar-refractivity contribution in [2.45, 2.75) is 50.4 Å². The van der Waals surface area contributed by atoms with Gasteiger partial charge < -0.3 is 9.30 Å². The number of hydrogen-bond acceptors (Lipinski definition) is 5. The minimum atomic E-state index is -0.404. The number of hydrogen-bond donors (Lipinski definition) is 0. The number of aromatic nitrogens is 4. The summed E-state index contributed by atoms with van der Waals surface area (Å²) in [7, 11) is 2.02. The largest absolute Gasteiger partial charge is 0.483 e. The predicted molar refractivity (Wildman–Crippen MR) is 168 cm³/mol. The average Bonchev–Trinajstić information content (AvgIpc) is 3.83. The van der Waals surface area contributed by atoms with Crippen molar-refractivity contribution < 1.29 is 13.9 Å². The first kappa shape index (κ1) is 27.9. The monoisotopic (exact) mass is 594 g/mol. The number of halogens is 1. The number of ketones is 1. The Hall–Kier alpha value is -3.91. The van der Waals surface area contributed by atoms with Crippen LogP contribution < -0.4 is 4.74 Å². The van der Waals surface area contributed by atoms with Gasteiger partial charge >= 0.3 is 0 Å². The lowest BCUT2D eigenvalue weighted by atomic mass is 9.84. The van der Waals surface area contributed by atoms with Crippen LogP contribution in [0.2, 0.25) is 0 Å². The summed E-state index contributed by atoms with van der Waals surface area (Å²) in [5.74, 6) is 2.75. The molecule has 8 heteroatoms. The minimum absolute atomic E-state index is 0.0481. The highest BCUT2D eigenvalue weighted by atomic mass is 32.2. The highest BCUT2D eigenvalue weighted by molar-refractivity contribution is 7.99. The van der Waals surface area contributed by atoms with Crippen molar-refractivity contribution in [1.82, 2.24) is 19.3 Å². The molecule has 0 amide bonds. The third-order valence-corrected chi connectivity index (χ3v) is 10.5. The molecule has 2 aliphatic carbocycles. The van der Waals surface area contributed by atoms with Crippen molar-refractivity contribution >= 4 is 28.4 Å². The number of nitrogens with zero attached hydrogens (tertiary/aromatic N) is 4. The van der Waals surface area contributed by atoms with Crippen LogP contribution in [0.4, 0.5) is 4.39 Å². The second kappa shape index (κ2) is 11.6. The van der Waals surface area contributed by atoms with Crippen LogP contribution in [-0.2, 0) is 13.7 Å². The fourth-order valence-corrected chi connectivity index (χ4v) is 8.42. The summed E-state index contributed by atoms with van der Waals surface area (Å²) < 4.78 is 24.5. The Balaban J connectivity index is 1.19. The van der Waals surface area contributed by atoms with Gasteiger partial charge in [0, 0.05) is 24.0 Å². The summed E-state index contributed by atoms with van der Waals surface area (Å²) in [5.41, 5.74) is 3.68. The molecule has 2 fully saturated rings. The highest BCUT2D eigenvalue weighted by Gasteiger charge is 2.43. The number of aryl methyl sites for hydroxylation is 1. The van der Waals surface area contributed by atoms with Crippen LogP contribution in [0.5, 0.6) is 5.75 Å². The molecule has 43 heavy (non-hydrogen) atoms. The molecule has 0 radical (unpaired) electrons. The summed E-state index contributed by atoms with van der Waals surface area (Å²) in [4.78, 5) is 14.1. The maximum atomic E-state index is 14.3. The molecule has 220 valence electrons. The number of para-hydroxylation sites is 2. The van der Waals surface area contributed by atoms with Gasteiger partial charge in [0.25, 0.3) is 0 Å². The Bertz CT molecular complexity index is 1780. The molecule has 2 aliphatic rings. The summed E-state index contributed by atoms with van der Waals surface area (Å²) in [6.07, 6.45) is 5.09. The van der Waals surface area contributed by atoms with E-state index in [-0.39, 0.29) is 29.9 Å². The zero-order valence-corrected chi connectivity index (χ0v) is 25.3. The van der Waals surface area contributed by atoms with Gasteiger partial charge in [-0.2, -0.15) is 0 Å². The van der Waals surface area contributed by atoms with Crippen LogP contribution in [0, 0.1) is 23.6 Å². The van der Waals surface area contributed by atoms with Gasteiger partial charge in [-0.15, -0.1) is 10.2 Å². The molecule has 2 bridgehead atoms. The van der Waals surface area contributed by atoms with Crippen molar-refractivity contribution in [3.8, 4) is 17.0 Å². The van der Waals surface area contributed by atoms with Gasteiger partial charge in [0.15, 0.2) is 28.3 Å². The fraction of sp³-hybridized carbons (Fsp3) is 0.343. The molecule has 0 aliphatic heterocycles. The molecule has 0 spiro atoms. The number of carbonyl (C=O) groups excluding carboxylic acids is 1. The summed E-state index contributed by atoms with van der Waals surface area (Å²) in [5, 5.41) is 10.7. The lowest BCUT2D eigenvalue weighted by Gasteiger charge is -2.30. The van der Waals surface area contributed by atoms with E-state index in [0.717, 1.165) is 33.6 Å². The van der Waals surface area contributed by atoms with Gasteiger partial charge in [0.2, 0.25) is 0 Å². The number of thioether (sulfide) groups is 1. The van der Waals surface area contributed by atoms with E-state index in [1.54, 1.807) is 18.2 Å². The zero-order chi connectivity index (χ0) is 29.5. The third kappa shape index (κ3) is 5.16. The smallest absolute Gasteiger partial charge is 0.192 e. The first-order valence-electron chi connectivity index (χ1n) is 15.1. The molecule has 0 unspecified atom stereocenters. The van der Waals surface area contributed by atoms with Crippen molar-refractivity contribution in [2.75, 3.05) is 5.75 Å². The third-order valence-electron chi connectivity index (χ3n) is 9.51. The van der Waals surface area contributed by atoms with Crippen molar-refractivity contribution in [3.63, 3.8) is 0 Å². The second-order valence-corrected chi connectivity index (χ2v) is 12.9. The molecule has 2 heterocycles. The number of rotatable bonds is 10. The standard InChI is InChI=1S/C35H35FN4O2S/c1-22(27-19-23-16-17-25(27)18-23)40-32(20-42-31-15-9-7-13-28(31)36)37-38-35(40)43-21-30(41)33-26-12-6-8-14-29(26)39(2)34(33)24-10-4-3-5-11-24/h3-15,22-23,25,27H,16-21H2,1-2H3/t22-,23-,25-,27+/m0/s1. The number of Topliss-reactive ketones (excluding diaryl/α,β-unsaturated/α-hetero) is 1. The Kier molecular flexibility index (Phi) is 7.55. The van der Waals surface area contributed by atoms with Gasteiger partial charge in [-0.1, -0.05) is 78.8 Å². The van der Waals surface area contributed by atoms with Crippen LogP contribution in [0.1, 0.15) is 54.8 Å². The number of fused-ring (bicyclic) bond motifs is 3. The van der Waals surface area contributed by atoms with E-state index >= 15 is 0 Å². The molecule has 5 aromatic rings. The van der Waals surface area contributed by atoms with Crippen LogP contribution >= 0.6 is 11.8 Å². The molecule has 2 saturated carbocycles. The number of ether oxygens (including phenoxy) is 1. The van der Waals surface area contributed by atoms with Crippen LogP contribution in [0.15, 0.2) is 84.0 Å². The van der Waals surface area contributed by atoms with E-state index < -0.39 is 5.82 Å². The van der Waals surface area contributed by atoms with Gasteiger partial charge in [0.05, 0.1) is 17.0 Å². The molecular formula is C35H35FN4O2S. The quantitative estimate of drug-likeness (QED) is 0.121. The van der Waals surface area contributed by atoms with Crippen molar-refractivity contribution in [2.24, 2.45) is 24.8 Å². The van der Waals surface area contributed by atoms with Crippen LogP contribution in [0.25, 0.3) is 22.2 Å². The maximum absolute atomic E-state index is 14.3. The fourth-order valence-electron chi connectivity index (χ4n) is 7.51. The highest BCUT2D eigenvalue weighted by Crippen LogP contribution is 2.52. The molecule has 0 saturated heterocycles. The van der Waals surface area contributed by atoms with Gasteiger partial charge in [-0.05, 0) is 67.7 Å². The van der Waals surface area contributed by atoms with E-state index in [1.807, 2.05) is 55.6 Å². The summed E-state index contributed by atoms with van der Waals surface area (Å²) in [6.45, 7) is 2.35. The number of benzene rings is 3. The SMILES string of the molecule is C[C@@H]([C@H]1C[C@H]2CC[C@H]1C2)n1c(COc2ccccc2F)nnc1SCC(=O)c1c(-c2ccccc2)n(C)c2ccccc12. The lowest BCUT2D eigenvalue weighted by molar-refractivity contribution is 0.102. The molecule has 4 atom stereocenters. The topological polar surface area (TPSA) is 61.9 Å². The van der Waals surface area contributed by atoms with Crippen LogP contribution in [-0.4, -0.2) is 30.9 Å². The second-order valence-electron chi connectivity index (χ2n) is 11.9. The Labute approximate surface area is 255 Å². The Morgan fingerprint density at radius 2 is 1.77 bits per heavy atom. The zero-order valence-electron chi connectivity index (χ0n) is 24.4. The Morgan fingerprint density at radius 1 is 1.00 bits per heavy atom. The summed E-state index contributed by atoms with van der Waals surface area (Å²) >= 11 is 1.43. The minimum Gasteiger partial charge on any atom is -0.483 e. The average molecular weight is 595 g/mol.